The number of hydrogen-bond acceptors (Lipinski definition) is 16. The van der Waals surface area contributed by atoms with Crippen molar-refractivity contribution in [1.82, 2.24) is 5.32 Å². The molecule has 3 rings (SSSR count). The minimum absolute atomic E-state index is 0.547. The predicted molar refractivity (Wildman–Crippen MR) is 115 cm³/mol. The highest BCUT2D eigenvalue weighted by atomic mass is 16.7. The summed E-state index contributed by atoms with van der Waals surface area (Å²) in [4.78, 5) is 11.5. The fraction of sp³-hybridized carbons (Fsp3) is 0.950. The van der Waals surface area contributed by atoms with Crippen LogP contribution in [-0.4, -0.2) is 164 Å². The van der Waals surface area contributed by atoms with E-state index in [9.17, 15) is 50.8 Å². The fourth-order valence-electron chi connectivity index (χ4n) is 4.52. The van der Waals surface area contributed by atoms with Gasteiger partial charge in [-0.2, -0.15) is 0 Å². The van der Waals surface area contributed by atoms with E-state index in [1.54, 1.807) is 0 Å². The van der Waals surface area contributed by atoms with Crippen molar-refractivity contribution < 1.29 is 74.4 Å². The SMILES string of the molecule is CC(=O)NC1C(N)OC(CO)C(OC2OC(CO)C(O)C(OC3OC(CO)C(O)C(O)C3O)C2O)C1O. The molecular weight excluding hydrogens is 508 g/mol. The summed E-state index contributed by atoms with van der Waals surface area (Å²) in [5.41, 5.74) is 5.83. The van der Waals surface area contributed by atoms with Crippen molar-refractivity contribution >= 4 is 5.91 Å². The number of amides is 1. The Labute approximate surface area is 210 Å². The number of ether oxygens (including phenoxy) is 5. The van der Waals surface area contributed by atoms with E-state index < -0.39 is 118 Å². The molecule has 0 radical (unpaired) electrons. The van der Waals surface area contributed by atoms with Crippen LogP contribution in [0.5, 0.6) is 0 Å². The first-order chi connectivity index (χ1) is 17.4. The minimum atomic E-state index is -1.88. The second-order valence-corrected chi connectivity index (χ2v) is 9.14. The molecule has 0 aromatic carbocycles. The van der Waals surface area contributed by atoms with Gasteiger partial charge in [0.05, 0.1) is 25.9 Å². The standard InChI is InChI=1S/C20H36N2O15/c1-5(26)22-9-12(29)16(8(4-25)33-18(9)21)36-20-15(32)17(11(28)7(3-24)35-20)37-19-14(31)13(30)10(27)6(2-23)34-19/h6-20,23-25,27-32H,2-4,21H2,1H3,(H,22,26). The molecule has 0 aromatic rings. The molecule has 0 spiro atoms. The van der Waals surface area contributed by atoms with Gasteiger partial charge in [0.25, 0.3) is 0 Å². The van der Waals surface area contributed by atoms with Gasteiger partial charge < -0.3 is 80.7 Å². The lowest BCUT2D eigenvalue weighted by Crippen LogP contribution is -2.69. The van der Waals surface area contributed by atoms with Gasteiger partial charge in [-0.25, -0.2) is 0 Å². The maximum absolute atomic E-state index is 11.5. The number of aliphatic hydroxyl groups excluding tert-OH is 9. The van der Waals surface area contributed by atoms with Gasteiger partial charge in [0, 0.05) is 6.92 Å². The zero-order valence-corrected chi connectivity index (χ0v) is 19.8. The van der Waals surface area contributed by atoms with Crippen LogP contribution < -0.4 is 11.1 Å². The Bertz CT molecular complexity index is 749. The average molecular weight is 545 g/mol. The Balaban J connectivity index is 1.80. The van der Waals surface area contributed by atoms with E-state index >= 15 is 0 Å². The summed E-state index contributed by atoms with van der Waals surface area (Å²) in [6.45, 7) is -1.07. The number of carbonyl (C=O) groups excluding carboxylic acids is 1. The molecule has 1 amide bonds. The molecule has 17 nitrogen and oxygen atoms in total. The number of rotatable bonds is 8. The summed E-state index contributed by atoms with van der Waals surface area (Å²) < 4.78 is 27.3. The Hall–Kier alpha value is -1.13. The third kappa shape index (κ3) is 6.38. The van der Waals surface area contributed by atoms with Crippen molar-refractivity contribution in [2.24, 2.45) is 5.73 Å². The highest BCUT2D eigenvalue weighted by Gasteiger charge is 2.53. The monoisotopic (exact) mass is 544 g/mol. The molecule has 3 heterocycles. The van der Waals surface area contributed by atoms with Gasteiger partial charge in [0.2, 0.25) is 5.91 Å². The van der Waals surface area contributed by atoms with Crippen molar-refractivity contribution in [1.29, 1.82) is 0 Å². The first-order valence-corrected chi connectivity index (χ1v) is 11.7. The van der Waals surface area contributed by atoms with Gasteiger partial charge >= 0.3 is 0 Å². The van der Waals surface area contributed by atoms with Crippen LogP contribution in [0.1, 0.15) is 6.92 Å². The van der Waals surface area contributed by atoms with Crippen LogP contribution in [-0.2, 0) is 28.5 Å². The number of nitrogens with two attached hydrogens (primary N) is 1. The molecule has 3 aliphatic rings. The highest BCUT2D eigenvalue weighted by molar-refractivity contribution is 5.73. The van der Waals surface area contributed by atoms with Crippen molar-refractivity contribution in [2.45, 2.75) is 98.9 Å². The second kappa shape index (κ2) is 12.8. The van der Waals surface area contributed by atoms with Crippen molar-refractivity contribution in [3.63, 3.8) is 0 Å². The number of carbonyl (C=O) groups is 1. The van der Waals surface area contributed by atoms with Crippen LogP contribution >= 0.6 is 0 Å². The Morgan fingerprint density at radius 3 is 1.76 bits per heavy atom. The highest BCUT2D eigenvalue weighted by Crippen LogP contribution is 2.32. The third-order valence-corrected chi connectivity index (χ3v) is 6.56. The topological polar surface area (TPSA) is 283 Å². The average Bonchev–Trinajstić information content (AvgIpc) is 2.86. The van der Waals surface area contributed by atoms with Crippen LogP contribution in [0.4, 0.5) is 0 Å². The van der Waals surface area contributed by atoms with Crippen molar-refractivity contribution in [3.05, 3.63) is 0 Å². The molecule has 3 saturated heterocycles. The second-order valence-electron chi connectivity index (χ2n) is 9.14. The molecular formula is C20H36N2O15. The Morgan fingerprint density at radius 1 is 0.703 bits per heavy atom. The van der Waals surface area contributed by atoms with Crippen LogP contribution in [0, 0.1) is 0 Å². The molecule has 37 heavy (non-hydrogen) atoms. The summed E-state index contributed by atoms with van der Waals surface area (Å²) in [6.07, 6.45) is -22.4. The van der Waals surface area contributed by atoms with E-state index in [2.05, 4.69) is 5.32 Å². The maximum atomic E-state index is 11.5. The van der Waals surface area contributed by atoms with Gasteiger partial charge in [-0.05, 0) is 0 Å². The summed E-state index contributed by atoms with van der Waals surface area (Å²) >= 11 is 0. The van der Waals surface area contributed by atoms with E-state index in [1.165, 1.54) is 6.92 Å². The van der Waals surface area contributed by atoms with Crippen LogP contribution in [0.3, 0.4) is 0 Å². The van der Waals surface area contributed by atoms with Crippen molar-refractivity contribution in [3.8, 4) is 0 Å². The Kier molecular flexibility index (Phi) is 10.5. The van der Waals surface area contributed by atoms with Crippen LogP contribution in [0.15, 0.2) is 0 Å². The van der Waals surface area contributed by atoms with Gasteiger partial charge in [0.1, 0.15) is 73.4 Å². The van der Waals surface area contributed by atoms with E-state index in [-0.39, 0.29) is 0 Å². The summed E-state index contributed by atoms with van der Waals surface area (Å²) in [6, 6.07) is -1.17. The van der Waals surface area contributed by atoms with E-state index in [4.69, 9.17) is 29.4 Å². The number of hydrogen-bond donors (Lipinski definition) is 11. The lowest BCUT2D eigenvalue weighted by atomic mass is 9.94. The lowest BCUT2D eigenvalue weighted by molar-refractivity contribution is -0.371. The normalized spacial score (nSPS) is 49.0. The minimum Gasteiger partial charge on any atom is -0.394 e. The molecule has 15 unspecified atom stereocenters. The quantitative estimate of drug-likeness (QED) is 0.135. The Morgan fingerprint density at radius 2 is 1.22 bits per heavy atom. The molecule has 3 fully saturated rings. The molecule has 216 valence electrons. The van der Waals surface area contributed by atoms with Crippen LogP contribution in [0.2, 0.25) is 0 Å². The molecule has 0 saturated carbocycles. The van der Waals surface area contributed by atoms with E-state index in [0.717, 1.165) is 0 Å². The zero-order chi connectivity index (χ0) is 27.6. The molecule has 0 aliphatic carbocycles. The van der Waals surface area contributed by atoms with Crippen LogP contribution in [0.25, 0.3) is 0 Å². The number of aliphatic hydroxyl groups is 9. The largest absolute Gasteiger partial charge is 0.394 e. The fourth-order valence-corrected chi connectivity index (χ4v) is 4.52. The predicted octanol–water partition coefficient (Wildman–Crippen LogP) is -7.46. The zero-order valence-electron chi connectivity index (χ0n) is 19.8. The molecule has 0 bridgehead atoms. The van der Waals surface area contributed by atoms with Gasteiger partial charge in [-0.1, -0.05) is 0 Å². The lowest BCUT2D eigenvalue weighted by Gasteiger charge is -2.48. The molecule has 17 heteroatoms. The van der Waals surface area contributed by atoms with E-state index in [0.29, 0.717) is 0 Å². The van der Waals surface area contributed by atoms with Gasteiger partial charge in [-0.15, -0.1) is 0 Å². The van der Waals surface area contributed by atoms with E-state index in [1.807, 2.05) is 0 Å². The summed E-state index contributed by atoms with van der Waals surface area (Å²) in [5.74, 6) is -0.547. The van der Waals surface area contributed by atoms with Gasteiger partial charge in [0.15, 0.2) is 12.6 Å². The summed E-state index contributed by atoms with van der Waals surface area (Å²) in [5, 5.41) is 93.7. The third-order valence-electron chi connectivity index (χ3n) is 6.56. The molecule has 12 N–H and O–H groups in total. The first kappa shape index (κ1) is 30.4. The molecule has 3 aliphatic heterocycles. The number of nitrogens with one attached hydrogen (secondary N) is 1. The summed E-state index contributed by atoms with van der Waals surface area (Å²) in [7, 11) is 0. The first-order valence-electron chi connectivity index (χ1n) is 11.7. The molecule has 15 atom stereocenters. The maximum Gasteiger partial charge on any atom is 0.217 e. The smallest absolute Gasteiger partial charge is 0.217 e. The van der Waals surface area contributed by atoms with Crippen molar-refractivity contribution in [2.75, 3.05) is 19.8 Å². The molecule has 0 aromatic heterocycles. The van der Waals surface area contributed by atoms with Gasteiger partial charge in [-0.3, -0.25) is 4.79 Å².